The fourth-order valence-electron chi connectivity index (χ4n) is 2.97. The van der Waals surface area contributed by atoms with E-state index in [0.29, 0.717) is 17.6 Å². The quantitative estimate of drug-likeness (QED) is 0.756. The molecule has 0 fully saturated rings. The van der Waals surface area contributed by atoms with Gasteiger partial charge in [-0.1, -0.05) is 71.0 Å². The lowest BCUT2D eigenvalue weighted by atomic mass is 9.72. The van der Waals surface area contributed by atoms with Crippen molar-refractivity contribution >= 4 is 10.8 Å². The predicted molar refractivity (Wildman–Crippen MR) is 87.3 cm³/mol. The molecule has 2 aromatic rings. The molecule has 0 aliphatic heterocycles. The van der Waals surface area contributed by atoms with Crippen molar-refractivity contribution in [2.45, 2.75) is 47.0 Å². The van der Waals surface area contributed by atoms with E-state index in [-0.39, 0.29) is 5.41 Å². The Morgan fingerprint density at radius 1 is 1.00 bits per heavy atom. The maximum Gasteiger partial charge on any atom is 0.126 e. The van der Waals surface area contributed by atoms with Crippen molar-refractivity contribution in [1.82, 2.24) is 0 Å². The van der Waals surface area contributed by atoms with Gasteiger partial charge >= 0.3 is 0 Å². The minimum atomic E-state index is 0.143. The molecule has 0 saturated carbocycles. The molecule has 0 aliphatic carbocycles. The summed E-state index contributed by atoms with van der Waals surface area (Å²) in [6.07, 6.45) is 1.09. The first-order chi connectivity index (χ1) is 9.30. The molecule has 1 heteroatoms. The summed E-state index contributed by atoms with van der Waals surface area (Å²) >= 11 is 0. The first-order valence-corrected chi connectivity index (χ1v) is 7.51. The molecule has 0 radical (unpaired) electrons. The second-order valence-electron chi connectivity index (χ2n) is 7.27. The molecule has 0 spiro atoms. The predicted octanol–water partition coefficient (Wildman–Crippen LogP) is 5.72. The van der Waals surface area contributed by atoms with Crippen molar-refractivity contribution < 1.29 is 5.11 Å². The molecule has 0 aliphatic rings. The van der Waals surface area contributed by atoms with Gasteiger partial charge in [-0.25, -0.2) is 0 Å². The lowest BCUT2D eigenvalue weighted by molar-refractivity contribution is 0.274. The molecule has 1 atom stereocenters. The number of benzene rings is 2. The van der Waals surface area contributed by atoms with E-state index in [2.05, 4.69) is 46.8 Å². The molecule has 1 nitrogen and oxygen atoms in total. The smallest absolute Gasteiger partial charge is 0.126 e. The minimum Gasteiger partial charge on any atom is -0.507 e. The van der Waals surface area contributed by atoms with E-state index in [1.807, 2.05) is 24.3 Å². The molecule has 1 N–H and O–H groups in total. The zero-order valence-corrected chi connectivity index (χ0v) is 13.3. The molecule has 1 unspecified atom stereocenters. The third kappa shape index (κ3) is 2.98. The first kappa shape index (κ1) is 14.9. The van der Waals surface area contributed by atoms with Crippen LogP contribution in [-0.4, -0.2) is 5.11 Å². The molecule has 108 valence electrons. The summed E-state index contributed by atoms with van der Waals surface area (Å²) in [4.78, 5) is 0. The summed E-state index contributed by atoms with van der Waals surface area (Å²) in [5.74, 6) is 1.45. The molecule has 0 bridgehead atoms. The zero-order valence-electron chi connectivity index (χ0n) is 13.3. The number of fused-ring (bicyclic) bond motifs is 1. The van der Waals surface area contributed by atoms with Crippen LogP contribution in [0.5, 0.6) is 5.75 Å². The number of phenolic OH excluding ortho intramolecular Hbond substituents is 1. The highest BCUT2D eigenvalue weighted by Crippen LogP contribution is 2.45. The summed E-state index contributed by atoms with van der Waals surface area (Å²) in [5, 5.41) is 12.8. The first-order valence-electron chi connectivity index (χ1n) is 7.51. The molecule has 2 aromatic carbocycles. The normalized spacial score (nSPS) is 13.9. The highest BCUT2D eigenvalue weighted by atomic mass is 16.3. The number of aromatic hydroxyl groups is 1. The summed E-state index contributed by atoms with van der Waals surface area (Å²) in [6, 6.07) is 12.3. The molecule has 2 rings (SSSR count). The van der Waals surface area contributed by atoms with Gasteiger partial charge < -0.3 is 5.11 Å². The summed E-state index contributed by atoms with van der Waals surface area (Å²) in [7, 11) is 0. The van der Waals surface area contributed by atoms with Gasteiger partial charge in [-0.15, -0.1) is 0 Å². The molecule has 0 saturated heterocycles. The van der Waals surface area contributed by atoms with Crippen molar-refractivity contribution in [3.63, 3.8) is 0 Å². The lowest BCUT2D eigenvalue weighted by Crippen LogP contribution is -2.20. The minimum absolute atomic E-state index is 0.143. The van der Waals surface area contributed by atoms with Gasteiger partial charge in [-0.2, -0.15) is 0 Å². The van der Waals surface area contributed by atoms with Crippen molar-refractivity contribution in [2.24, 2.45) is 11.3 Å². The number of hydrogen-bond donors (Lipinski definition) is 1. The average Bonchev–Trinajstić information content (AvgIpc) is 2.36. The monoisotopic (exact) mass is 270 g/mol. The van der Waals surface area contributed by atoms with Crippen LogP contribution in [0.2, 0.25) is 0 Å². The Kier molecular flexibility index (Phi) is 4.08. The van der Waals surface area contributed by atoms with Crippen LogP contribution in [0, 0.1) is 11.3 Å². The van der Waals surface area contributed by atoms with Gasteiger partial charge in [-0.3, -0.25) is 0 Å². The van der Waals surface area contributed by atoms with Crippen LogP contribution in [0.25, 0.3) is 10.8 Å². The molecule has 0 heterocycles. The molecular formula is C19H26O. The molecule has 20 heavy (non-hydrogen) atoms. The van der Waals surface area contributed by atoms with Gasteiger partial charge in [0.05, 0.1) is 0 Å². The van der Waals surface area contributed by atoms with Gasteiger partial charge in [-0.05, 0) is 34.6 Å². The largest absolute Gasteiger partial charge is 0.507 e. The van der Waals surface area contributed by atoms with E-state index in [4.69, 9.17) is 0 Å². The van der Waals surface area contributed by atoms with Crippen LogP contribution in [-0.2, 0) is 0 Å². The van der Waals surface area contributed by atoms with E-state index < -0.39 is 0 Å². The SMILES string of the molecule is CC(C)CC(c1ccc2ccccc2c1O)C(C)(C)C. The number of phenols is 1. The van der Waals surface area contributed by atoms with Gasteiger partial charge in [0.1, 0.15) is 5.75 Å². The van der Waals surface area contributed by atoms with Crippen LogP contribution in [0.4, 0.5) is 0 Å². The maximum absolute atomic E-state index is 10.7. The third-order valence-electron chi connectivity index (χ3n) is 4.06. The van der Waals surface area contributed by atoms with Crippen molar-refractivity contribution in [3.05, 3.63) is 42.0 Å². The Morgan fingerprint density at radius 3 is 2.25 bits per heavy atom. The van der Waals surface area contributed by atoms with E-state index in [1.165, 1.54) is 0 Å². The molecule has 0 amide bonds. The zero-order chi connectivity index (χ0) is 14.9. The van der Waals surface area contributed by atoms with Crippen molar-refractivity contribution in [3.8, 4) is 5.75 Å². The van der Waals surface area contributed by atoms with Gasteiger partial charge in [0.2, 0.25) is 0 Å². The highest BCUT2D eigenvalue weighted by molar-refractivity contribution is 5.89. The van der Waals surface area contributed by atoms with E-state index in [0.717, 1.165) is 22.8 Å². The second kappa shape index (κ2) is 5.47. The Labute approximate surface area is 122 Å². The van der Waals surface area contributed by atoms with Gasteiger partial charge in [0.15, 0.2) is 0 Å². The van der Waals surface area contributed by atoms with E-state index in [9.17, 15) is 5.11 Å². The van der Waals surface area contributed by atoms with Gasteiger partial charge in [0.25, 0.3) is 0 Å². The fourth-order valence-corrected chi connectivity index (χ4v) is 2.97. The van der Waals surface area contributed by atoms with Gasteiger partial charge in [0, 0.05) is 5.39 Å². The van der Waals surface area contributed by atoms with E-state index in [1.54, 1.807) is 0 Å². The van der Waals surface area contributed by atoms with Crippen LogP contribution in [0.15, 0.2) is 36.4 Å². The Bertz CT molecular complexity index is 590. The maximum atomic E-state index is 10.7. The second-order valence-corrected chi connectivity index (χ2v) is 7.27. The summed E-state index contributed by atoms with van der Waals surface area (Å²) in [6.45, 7) is 11.3. The fraction of sp³-hybridized carbons (Fsp3) is 0.474. The third-order valence-corrected chi connectivity index (χ3v) is 4.06. The molecular weight excluding hydrogens is 244 g/mol. The van der Waals surface area contributed by atoms with Crippen LogP contribution < -0.4 is 0 Å². The number of hydrogen-bond acceptors (Lipinski definition) is 1. The van der Waals surface area contributed by atoms with Crippen LogP contribution in [0.3, 0.4) is 0 Å². The lowest BCUT2D eigenvalue weighted by Gasteiger charge is -2.33. The Hall–Kier alpha value is -1.50. The number of rotatable bonds is 3. The van der Waals surface area contributed by atoms with Crippen LogP contribution >= 0.6 is 0 Å². The Morgan fingerprint density at radius 2 is 1.65 bits per heavy atom. The molecule has 0 aromatic heterocycles. The standard InChI is InChI=1S/C19H26O/c1-13(2)12-17(19(3,4)5)16-11-10-14-8-6-7-9-15(14)18(16)20/h6-11,13,17,20H,12H2,1-5H3. The highest BCUT2D eigenvalue weighted by Gasteiger charge is 2.29. The van der Waals surface area contributed by atoms with E-state index >= 15 is 0 Å². The van der Waals surface area contributed by atoms with Crippen molar-refractivity contribution in [1.29, 1.82) is 0 Å². The average molecular weight is 270 g/mol. The Balaban J connectivity index is 2.56. The van der Waals surface area contributed by atoms with Crippen LogP contribution in [0.1, 0.15) is 52.5 Å². The topological polar surface area (TPSA) is 20.2 Å². The summed E-state index contributed by atoms with van der Waals surface area (Å²) < 4.78 is 0. The summed E-state index contributed by atoms with van der Waals surface area (Å²) in [5.41, 5.74) is 1.23. The van der Waals surface area contributed by atoms with Crippen molar-refractivity contribution in [2.75, 3.05) is 0 Å².